The Balaban J connectivity index is 1.80. The van der Waals surface area contributed by atoms with Gasteiger partial charge in [0.2, 0.25) is 5.91 Å². The molecule has 2 aliphatic rings. The van der Waals surface area contributed by atoms with Crippen LogP contribution in [0.25, 0.3) is 0 Å². The molecule has 1 heterocycles. The minimum absolute atomic E-state index is 0.0218. The van der Waals surface area contributed by atoms with Gasteiger partial charge in [-0.05, 0) is 18.9 Å². The van der Waals surface area contributed by atoms with Crippen LogP contribution in [-0.2, 0) is 14.3 Å². The molecule has 2 atom stereocenters. The summed E-state index contributed by atoms with van der Waals surface area (Å²) in [6, 6.07) is 5.23. The van der Waals surface area contributed by atoms with E-state index in [1.807, 2.05) is 0 Å². The molecule has 3 rings (SSSR count). The first-order valence-electron chi connectivity index (χ1n) is 7.98. The Morgan fingerprint density at radius 3 is 2.79 bits per heavy atom. The summed E-state index contributed by atoms with van der Waals surface area (Å²) >= 11 is 0. The minimum Gasteiger partial charge on any atom is -0.396 e. The number of nitrogens with one attached hydrogen (secondary N) is 1. The first-order chi connectivity index (χ1) is 11.5. The number of likely N-dealkylation sites (N-methyl/N-ethyl adjacent to an activating group) is 1. The molecule has 1 saturated heterocycles. The Morgan fingerprint density at radius 2 is 2.17 bits per heavy atom. The first kappa shape index (κ1) is 16.9. The van der Waals surface area contributed by atoms with Gasteiger partial charge in [-0.2, -0.15) is 0 Å². The number of carbonyl (C=O) groups is 2. The smallest absolute Gasteiger partial charge is 0.251 e. The molecule has 1 saturated carbocycles. The van der Waals surface area contributed by atoms with Crippen LogP contribution in [0.15, 0.2) is 24.3 Å². The Labute approximate surface area is 139 Å². The monoisotopic (exact) mass is 336 g/mol. The Kier molecular flexibility index (Phi) is 4.56. The molecule has 2 amide bonds. The molecular formula is C17H21FN2O4. The third-order valence-corrected chi connectivity index (χ3v) is 4.90. The van der Waals surface area contributed by atoms with Crippen LogP contribution in [0.5, 0.6) is 0 Å². The van der Waals surface area contributed by atoms with Crippen LogP contribution < -0.4 is 5.32 Å². The number of nitrogens with zero attached hydrogens (tertiary/aromatic N) is 1. The molecule has 0 bridgehead atoms. The molecule has 130 valence electrons. The van der Waals surface area contributed by atoms with Gasteiger partial charge in [0.1, 0.15) is 12.4 Å². The van der Waals surface area contributed by atoms with Crippen molar-refractivity contribution in [3.63, 3.8) is 0 Å². The number of rotatable bonds is 5. The van der Waals surface area contributed by atoms with Crippen molar-refractivity contribution in [2.24, 2.45) is 5.41 Å². The van der Waals surface area contributed by atoms with E-state index >= 15 is 0 Å². The standard InChI is InChI=1S/C17H21FN2O4/c1-20-13(22)8-24-15(14(20)11-4-2-3-5-12(11)18)16(23)19-9-17(10-21)6-7-17/h2-5,14-15,21H,6-10H2,1H3,(H,19,23). The summed E-state index contributed by atoms with van der Waals surface area (Å²) in [5.74, 6) is -1.19. The highest BCUT2D eigenvalue weighted by Crippen LogP contribution is 2.44. The topological polar surface area (TPSA) is 78.9 Å². The highest BCUT2D eigenvalue weighted by Gasteiger charge is 2.45. The second kappa shape index (κ2) is 6.49. The molecule has 6 nitrogen and oxygen atoms in total. The van der Waals surface area contributed by atoms with Crippen molar-refractivity contribution in [2.45, 2.75) is 25.0 Å². The molecule has 2 fully saturated rings. The summed E-state index contributed by atoms with van der Waals surface area (Å²) in [7, 11) is 1.54. The SMILES string of the molecule is CN1C(=O)COC(C(=O)NCC2(CO)CC2)C1c1ccccc1F. The van der Waals surface area contributed by atoms with Gasteiger partial charge in [-0.15, -0.1) is 0 Å². The van der Waals surface area contributed by atoms with E-state index in [0.29, 0.717) is 6.54 Å². The molecule has 0 spiro atoms. The zero-order valence-electron chi connectivity index (χ0n) is 13.5. The molecule has 1 aromatic rings. The van der Waals surface area contributed by atoms with E-state index < -0.39 is 23.9 Å². The number of benzene rings is 1. The Bertz CT molecular complexity index is 647. The van der Waals surface area contributed by atoms with Crippen molar-refractivity contribution in [1.82, 2.24) is 10.2 Å². The Morgan fingerprint density at radius 1 is 1.46 bits per heavy atom. The molecule has 2 unspecified atom stereocenters. The fourth-order valence-electron chi connectivity index (χ4n) is 2.96. The highest BCUT2D eigenvalue weighted by atomic mass is 19.1. The number of ether oxygens (including phenoxy) is 1. The summed E-state index contributed by atoms with van der Waals surface area (Å²) in [6.45, 7) is 0.155. The number of hydrogen-bond donors (Lipinski definition) is 2. The molecule has 1 aliphatic heterocycles. The van der Waals surface area contributed by atoms with E-state index in [0.717, 1.165) is 12.8 Å². The lowest BCUT2D eigenvalue weighted by atomic mass is 9.97. The third kappa shape index (κ3) is 3.14. The van der Waals surface area contributed by atoms with Crippen molar-refractivity contribution in [1.29, 1.82) is 0 Å². The molecule has 0 radical (unpaired) electrons. The van der Waals surface area contributed by atoms with Gasteiger partial charge in [-0.25, -0.2) is 4.39 Å². The van der Waals surface area contributed by atoms with Crippen LogP contribution >= 0.6 is 0 Å². The number of amides is 2. The molecule has 1 aliphatic carbocycles. The molecular weight excluding hydrogens is 315 g/mol. The number of aliphatic hydroxyl groups is 1. The number of halogens is 1. The average Bonchev–Trinajstić information content (AvgIpc) is 3.36. The number of morpholine rings is 1. The van der Waals surface area contributed by atoms with Gasteiger partial charge >= 0.3 is 0 Å². The van der Waals surface area contributed by atoms with Gasteiger partial charge in [0.05, 0.1) is 12.6 Å². The van der Waals surface area contributed by atoms with Gasteiger partial charge in [-0.3, -0.25) is 9.59 Å². The molecule has 1 aromatic carbocycles. The lowest BCUT2D eigenvalue weighted by Crippen LogP contribution is -2.53. The van der Waals surface area contributed by atoms with Crippen LogP contribution in [0.4, 0.5) is 4.39 Å². The fraction of sp³-hybridized carbons (Fsp3) is 0.529. The predicted molar refractivity (Wildman–Crippen MR) is 83.4 cm³/mol. The van der Waals surface area contributed by atoms with Crippen LogP contribution in [0.1, 0.15) is 24.4 Å². The quantitative estimate of drug-likeness (QED) is 0.826. The van der Waals surface area contributed by atoms with Crippen molar-refractivity contribution < 1.29 is 23.8 Å². The summed E-state index contributed by atoms with van der Waals surface area (Å²) in [4.78, 5) is 25.9. The molecule has 2 N–H and O–H groups in total. The minimum atomic E-state index is -0.987. The summed E-state index contributed by atoms with van der Waals surface area (Å²) in [5.41, 5.74) is 0.0102. The van der Waals surface area contributed by atoms with Gasteiger partial charge in [0.25, 0.3) is 5.91 Å². The summed E-state index contributed by atoms with van der Waals surface area (Å²) in [5, 5.41) is 12.1. The summed E-state index contributed by atoms with van der Waals surface area (Å²) in [6.07, 6.45) is 0.744. The third-order valence-electron chi connectivity index (χ3n) is 4.90. The average molecular weight is 336 g/mol. The number of aliphatic hydroxyl groups excluding tert-OH is 1. The van der Waals surface area contributed by atoms with Gasteiger partial charge in [0.15, 0.2) is 6.10 Å². The van der Waals surface area contributed by atoms with Crippen LogP contribution in [0.2, 0.25) is 0 Å². The van der Waals surface area contributed by atoms with E-state index in [1.165, 1.54) is 11.0 Å². The van der Waals surface area contributed by atoms with Gasteiger partial charge in [-0.1, -0.05) is 18.2 Å². The van der Waals surface area contributed by atoms with E-state index in [1.54, 1.807) is 25.2 Å². The number of hydrogen-bond acceptors (Lipinski definition) is 4. The second-order valence-corrected chi connectivity index (χ2v) is 6.58. The molecule has 24 heavy (non-hydrogen) atoms. The van der Waals surface area contributed by atoms with E-state index in [4.69, 9.17) is 4.74 Å². The fourth-order valence-corrected chi connectivity index (χ4v) is 2.96. The van der Waals surface area contributed by atoms with Crippen molar-refractivity contribution >= 4 is 11.8 Å². The largest absolute Gasteiger partial charge is 0.396 e. The van der Waals surface area contributed by atoms with Gasteiger partial charge < -0.3 is 20.1 Å². The van der Waals surface area contributed by atoms with Crippen LogP contribution in [-0.4, -0.2) is 54.7 Å². The zero-order chi connectivity index (χ0) is 17.3. The Hall–Kier alpha value is -1.99. The van der Waals surface area contributed by atoms with Crippen molar-refractivity contribution in [3.05, 3.63) is 35.6 Å². The zero-order valence-corrected chi connectivity index (χ0v) is 13.5. The number of carbonyl (C=O) groups excluding carboxylic acids is 2. The highest BCUT2D eigenvalue weighted by molar-refractivity contribution is 5.86. The van der Waals surface area contributed by atoms with Gasteiger partial charge in [0, 0.05) is 24.6 Å². The molecule has 0 aromatic heterocycles. The lowest BCUT2D eigenvalue weighted by Gasteiger charge is -2.38. The van der Waals surface area contributed by atoms with Crippen molar-refractivity contribution in [3.8, 4) is 0 Å². The van der Waals surface area contributed by atoms with Crippen LogP contribution in [0, 0.1) is 11.2 Å². The first-order valence-corrected chi connectivity index (χ1v) is 7.98. The maximum absolute atomic E-state index is 14.2. The van der Waals surface area contributed by atoms with E-state index in [9.17, 15) is 19.1 Å². The van der Waals surface area contributed by atoms with E-state index in [-0.39, 0.29) is 30.1 Å². The maximum atomic E-state index is 14.2. The lowest BCUT2D eigenvalue weighted by molar-refractivity contribution is -0.162. The normalized spacial score (nSPS) is 25.5. The van der Waals surface area contributed by atoms with Crippen molar-refractivity contribution in [2.75, 3.05) is 26.8 Å². The summed E-state index contributed by atoms with van der Waals surface area (Å²) < 4.78 is 19.6. The second-order valence-electron chi connectivity index (χ2n) is 6.58. The molecule has 7 heteroatoms. The maximum Gasteiger partial charge on any atom is 0.251 e. The van der Waals surface area contributed by atoms with E-state index in [2.05, 4.69) is 5.32 Å². The predicted octanol–water partition coefficient (Wildman–Crippen LogP) is 0.613. The van der Waals surface area contributed by atoms with Crippen LogP contribution in [0.3, 0.4) is 0 Å².